The fraction of sp³-hybridized carbons (Fsp3) is 0.500. The summed E-state index contributed by atoms with van der Waals surface area (Å²) < 4.78 is 54.0. The van der Waals surface area contributed by atoms with E-state index in [4.69, 9.17) is 4.74 Å². The van der Waals surface area contributed by atoms with Gasteiger partial charge in [-0.25, -0.2) is 22.0 Å². The van der Waals surface area contributed by atoms with Gasteiger partial charge >= 0.3 is 6.03 Å². The van der Waals surface area contributed by atoms with Gasteiger partial charge in [-0.3, -0.25) is 0 Å². The standard InChI is InChI=1S/C14H18F2N2O4S/c1-18(11-4-7-23(20,21)9-11)14(19)17-5-6-22-13-3-2-10(15)8-12(13)16/h2-3,8,11H,4-7,9H2,1H3,(H,17,19). The lowest BCUT2D eigenvalue weighted by molar-refractivity contribution is 0.192. The van der Waals surface area contributed by atoms with Gasteiger partial charge < -0.3 is 15.0 Å². The fourth-order valence-corrected chi connectivity index (χ4v) is 4.06. The van der Waals surface area contributed by atoms with Crippen LogP contribution < -0.4 is 10.1 Å². The second-order valence-corrected chi connectivity index (χ2v) is 7.55. The highest BCUT2D eigenvalue weighted by atomic mass is 32.2. The average molecular weight is 348 g/mol. The number of benzene rings is 1. The maximum Gasteiger partial charge on any atom is 0.317 e. The normalized spacial score (nSPS) is 19.3. The van der Waals surface area contributed by atoms with Gasteiger partial charge in [-0.2, -0.15) is 0 Å². The Morgan fingerprint density at radius 3 is 2.78 bits per heavy atom. The van der Waals surface area contributed by atoms with Gasteiger partial charge in [0.2, 0.25) is 0 Å². The quantitative estimate of drug-likeness (QED) is 0.811. The molecule has 1 saturated heterocycles. The van der Waals surface area contributed by atoms with E-state index < -0.39 is 27.5 Å². The van der Waals surface area contributed by atoms with Crippen molar-refractivity contribution in [3.8, 4) is 5.75 Å². The van der Waals surface area contributed by atoms with E-state index in [-0.39, 0.29) is 36.4 Å². The SMILES string of the molecule is CN(C(=O)NCCOc1ccc(F)cc1F)C1CCS(=O)(=O)C1. The summed E-state index contributed by atoms with van der Waals surface area (Å²) in [4.78, 5) is 13.3. The summed E-state index contributed by atoms with van der Waals surface area (Å²) in [7, 11) is -1.53. The summed E-state index contributed by atoms with van der Waals surface area (Å²) in [6.45, 7) is 0.116. The number of hydrogen-bond acceptors (Lipinski definition) is 4. The van der Waals surface area contributed by atoms with E-state index >= 15 is 0 Å². The van der Waals surface area contributed by atoms with Gasteiger partial charge in [-0.1, -0.05) is 0 Å². The molecule has 2 amide bonds. The summed E-state index contributed by atoms with van der Waals surface area (Å²) in [6.07, 6.45) is 0.420. The van der Waals surface area contributed by atoms with Gasteiger partial charge in [-0.15, -0.1) is 0 Å². The van der Waals surface area contributed by atoms with Crippen LogP contribution in [0.15, 0.2) is 18.2 Å². The summed E-state index contributed by atoms with van der Waals surface area (Å²) in [5.74, 6) is -1.56. The number of amides is 2. The third-order valence-corrected chi connectivity index (χ3v) is 5.36. The van der Waals surface area contributed by atoms with Crippen LogP contribution in [0.25, 0.3) is 0 Å². The molecule has 0 radical (unpaired) electrons. The zero-order valence-electron chi connectivity index (χ0n) is 12.6. The number of hydrogen-bond donors (Lipinski definition) is 1. The Hall–Kier alpha value is -1.90. The minimum absolute atomic E-state index is 0.00506. The predicted octanol–water partition coefficient (Wildman–Crippen LogP) is 1.17. The van der Waals surface area contributed by atoms with E-state index in [1.54, 1.807) is 0 Å². The first-order chi connectivity index (χ1) is 10.8. The molecule has 23 heavy (non-hydrogen) atoms. The van der Waals surface area contributed by atoms with E-state index in [2.05, 4.69) is 5.32 Å². The number of halogens is 2. The van der Waals surface area contributed by atoms with Gasteiger partial charge in [0, 0.05) is 19.2 Å². The molecule has 1 aliphatic heterocycles. The molecule has 1 fully saturated rings. The number of carbonyl (C=O) groups is 1. The van der Waals surface area contributed by atoms with Crippen LogP contribution in [0.2, 0.25) is 0 Å². The van der Waals surface area contributed by atoms with Crippen LogP contribution >= 0.6 is 0 Å². The Balaban J connectivity index is 1.74. The van der Waals surface area contributed by atoms with Crippen molar-refractivity contribution >= 4 is 15.9 Å². The monoisotopic (exact) mass is 348 g/mol. The summed E-state index contributed by atoms with van der Waals surface area (Å²) in [5.41, 5.74) is 0. The lowest BCUT2D eigenvalue weighted by Gasteiger charge is -2.23. The molecule has 9 heteroatoms. The maximum absolute atomic E-state index is 13.3. The number of nitrogens with one attached hydrogen (secondary N) is 1. The molecule has 1 aliphatic rings. The van der Waals surface area contributed by atoms with E-state index in [1.165, 1.54) is 18.0 Å². The third-order valence-electron chi connectivity index (χ3n) is 3.61. The van der Waals surface area contributed by atoms with Crippen molar-refractivity contribution in [2.45, 2.75) is 12.5 Å². The predicted molar refractivity (Wildman–Crippen MR) is 80.1 cm³/mol. The Morgan fingerprint density at radius 1 is 1.43 bits per heavy atom. The second-order valence-electron chi connectivity index (χ2n) is 5.32. The number of ether oxygens (including phenoxy) is 1. The summed E-state index contributed by atoms with van der Waals surface area (Å²) in [5, 5.41) is 2.56. The van der Waals surface area contributed by atoms with E-state index in [9.17, 15) is 22.0 Å². The second kappa shape index (κ2) is 7.12. The molecule has 1 heterocycles. The highest BCUT2D eigenvalue weighted by Crippen LogP contribution is 2.18. The minimum atomic E-state index is -3.06. The van der Waals surface area contributed by atoms with Crippen molar-refractivity contribution in [1.29, 1.82) is 0 Å². The van der Waals surface area contributed by atoms with Crippen LogP contribution in [-0.4, -0.2) is 57.1 Å². The van der Waals surface area contributed by atoms with Crippen LogP contribution in [0.4, 0.5) is 13.6 Å². The zero-order valence-corrected chi connectivity index (χ0v) is 13.4. The lowest BCUT2D eigenvalue weighted by Crippen LogP contribution is -2.45. The molecular weight excluding hydrogens is 330 g/mol. The maximum atomic E-state index is 13.3. The van der Waals surface area contributed by atoms with Gasteiger partial charge in [-0.05, 0) is 18.6 Å². The first-order valence-electron chi connectivity index (χ1n) is 7.07. The molecule has 128 valence electrons. The number of carbonyl (C=O) groups excluding carboxylic acids is 1. The molecule has 0 bridgehead atoms. The lowest BCUT2D eigenvalue weighted by atomic mass is 10.2. The van der Waals surface area contributed by atoms with E-state index in [0.717, 1.165) is 6.07 Å². The van der Waals surface area contributed by atoms with Crippen LogP contribution in [0.1, 0.15) is 6.42 Å². The summed E-state index contributed by atoms with van der Waals surface area (Å²) in [6, 6.07) is 2.20. The van der Waals surface area contributed by atoms with Crippen molar-refractivity contribution in [3.05, 3.63) is 29.8 Å². The Bertz CT molecular complexity index is 681. The van der Waals surface area contributed by atoms with Gasteiger partial charge in [0.15, 0.2) is 21.4 Å². The first kappa shape index (κ1) is 17.5. The van der Waals surface area contributed by atoms with Crippen LogP contribution in [0.5, 0.6) is 5.75 Å². The van der Waals surface area contributed by atoms with Crippen molar-refractivity contribution in [1.82, 2.24) is 10.2 Å². The number of sulfone groups is 1. The summed E-state index contributed by atoms with van der Waals surface area (Å²) >= 11 is 0. The largest absolute Gasteiger partial charge is 0.489 e. The molecule has 1 unspecified atom stereocenters. The van der Waals surface area contributed by atoms with Gasteiger partial charge in [0.1, 0.15) is 12.4 Å². The average Bonchev–Trinajstić information content (AvgIpc) is 2.84. The fourth-order valence-electron chi connectivity index (χ4n) is 2.28. The Morgan fingerprint density at radius 2 is 2.17 bits per heavy atom. The number of urea groups is 1. The molecule has 2 rings (SSSR count). The minimum Gasteiger partial charge on any atom is -0.489 e. The third kappa shape index (κ3) is 4.78. The van der Waals surface area contributed by atoms with Crippen molar-refractivity contribution < 1.29 is 26.7 Å². The molecule has 1 aromatic rings. The molecule has 0 spiro atoms. The van der Waals surface area contributed by atoms with Gasteiger partial charge in [0.05, 0.1) is 18.1 Å². The van der Waals surface area contributed by atoms with Crippen LogP contribution in [-0.2, 0) is 9.84 Å². The van der Waals surface area contributed by atoms with E-state index in [1.807, 2.05) is 0 Å². The highest BCUT2D eigenvalue weighted by molar-refractivity contribution is 7.91. The molecular formula is C14H18F2N2O4S. The number of rotatable bonds is 5. The Labute approximate surface area is 133 Å². The zero-order chi connectivity index (χ0) is 17.0. The molecule has 0 aromatic heterocycles. The Kier molecular flexibility index (Phi) is 5.40. The highest BCUT2D eigenvalue weighted by Gasteiger charge is 2.32. The first-order valence-corrected chi connectivity index (χ1v) is 8.89. The molecule has 0 saturated carbocycles. The van der Waals surface area contributed by atoms with E-state index in [0.29, 0.717) is 12.5 Å². The molecule has 1 N–H and O–H groups in total. The molecule has 6 nitrogen and oxygen atoms in total. The molecule has 1 atom stereocenters. The van der Waals surface area contributed by atoms with Crippen molar-refractivity contribution in [3.63, 3.8) is 0 Å². The number of nitrogens with zero attached hydrogens (tertiary/aromatic N) is 1. The van der Waals surface area contributed by atoms with Crippen LogP contribution in [0.3, 0.4) is 0 Å². The smallest absolute Gasteiger partial charge is 0.317 e. The van der Waals surface area contributed by atoms with Gasteiger partial charge in [0.25, 0.3) is 0 Å². The van der Waals surface area contributed by atoms with Crippen LogP contribution in [0, 0.1) is 11.6 Å². The van der Waals surface area contributed by atoms with Crippen molar-refractivity contribution in [2.75, 3.05) is 31.7 Å². The molecule has 1 aromatic carbocycles. The molecule has 0 aliphatic carbocycles. The van der Waals surface area contributed by atoms with Crippen molar-refractivity contribution in [2.24, 2.45) is 0 Å². The topological polar surface area (TPSA) is 75.7 Å².